The van der Waals surface area contributed by atoms with Crippen molar-refractivity contribution in [1.29, 1.82) is 0 Å². The van der Waals surface area contributed by atoms with Crippen LogP contribution in [0.2, 0.25) is 0 Å². The third-order valence-corrected chi connectivity index (χ3v) is 8.84. The Bertz CT molecular complexity index is 1670. The Morgan fingerprint density at radius 1 is 1.00 bits per heavy atom. The average molecular weight is 611 g/mol. The fraction of sp³-hybridized carbons (Fsp3) is 0.324. The van der Waals surface area contributed by atoms with Gasteiger partial charge < -0.3 is 20.7 Å². The van der Waals surface area contributed by atoms with Crippen molar-refractivity contribution >= 4 is 41.1 Å². The lowest BCUT2D eigenvalue weighted by molar-refractivity contribution is -0.132. The van der Waals surface area contributed by atoms with Gasteiger partial charge in [-0.25, -0.2) is 14.2 Å². The van der Waals surface area contributed by atoms with Crippen molar-refractivity contribution in [1.82, 2.24) is 10.2 Å². The maximum atomic E-state index is 15.3. The van der Waals surface area contributed by atoms with Crippen molar-refractivity contribution in [2.24, 2.45) is 22.0 Å². The fourth-order valence-corrected chi connectivity index (χ4v) is 6.63. The van der Waals surface area contributed by atoms with Crippen molar-refractivity contribution in [2.45, 2.75) is 38.8 Å². The molecule has 1 unspecified atom stereocenters. The summed E-state index contributed by atoms with van der Waals surface area (Å²) in [6, 6.07) is 17.3. The van der Waals surface area contributed by atoms with Crippen molar-refractivity contribution < 1.29 is 24.0 Å². The highest BCUT2D eigenvalue weighted by Gasteiger charge is 2.38. The average Bonchev–Trinajstić information content (AvgIpc) is 3.41. The molecule has 4 amide bonds. The first-order chi connectivity index (χ1) is 21.8. The summed E-state index contributed by atoms with van der Waals surface area (Å²) in [5, 5.41) is 17.2. The molecule has 7 rings (SSSR count). The number of nitrogens with zero attached hydrogens (tertiary/aromatic N) is 4. The number of rotatable bonds is 6. The maximum Gasteiger partial charge on any atom is 0.321 e. The summed E-state index contributed by atoms with van der Waals surface area (Å²) in [6.07, 6.45) is 4.17. The summed E-state index contributed by atoms with van der Waals surface area (Å²) in [6.45, 7) is 2.93. The van der Waals surface area contributed by atoms with E-state index < -0.39 is 23.9 Å². The molecule has 1 atom stereocenters. The van der Waals surface area contributed by atoms with Gasteiger partial charge in [0.1, 0.15) is 12.4 Å². The number of hydrogen-bond donors (Lipinski definition) is 3. The second-order valence-corrected chi connectivity index (χ2v) is 11.9. The lowest BCUT2D eigenvalue weighted by Gasteiger charge is -2.30. The zero-order valence-corrected chi connectivity index (χ0v) is 24.9. The first-order valence-electron chi connectivity index (χ1n) is 15.2. The number of aryl methyl sites for hydroxylation is 1. The van der Waals surface area contributed by atoms with Crippen molar-refractivity contribution in [3.05, 3.63) is 94.8 Å². The van der Waals surface area contributed by atoms with Crippen molar-refractivity contribution in [3.63, 3.8) is 0 Å². The number of benzene rings is 3. The molecule has 10 nitrogen and oxygen atoms in total. The molecule has 3 heterocycles. The maximum absolute atomic E-state index is 15.3. The Hall–Kier alpha value is -5.06. The summed E-state index contributed by atoms with van der Waals surface area (Å²) in [4.78, 5) is 49.4. The molecule has 232 valence electrons. The number of amides is 4. The number of nitrogens with one attached hydrogen (secondary N) is 2. The van der Waals surface area contributed by atoms with Crippen LogP contribution >= 0.6 is 0 Å². The van der Waals surface area contributed by atoms with Crippen LogP contribution in [0.5, 0.6) is 0 Å². The van der Waals surface area contributed by atoms with Gasteiger partial charge in [0.25, 0.3) is 5.91 Å². The predicted octanol–water partition coefficient (Wildman–Crippen LogP) is 4.92. The third kappa shape index (κ3) is 6.43. The van der Waals surface area contributed by atoms with Crippen LogP contribution in [0.25, 0.3) is 0 Å². The monoisotopic (exact) mass is 610 g/mol. The Morgan fingerprint density at radius 2 is 1.69 bits per heavy atom. The number of para-hydroxylation sites is 1. The first-order valence-corrected chi connectivity index (χ1v) is 15.2. The smallest absolute Gasteiger partial charge is 0.321 e. The molecule has 0 spiro atoms. The molecule has 1 aliphatic carbocycles. The summed E-state index contributed by atoms with van der Waals surface area (Å²) >= 11 is 0. The van der Waals surface area contributed by atoms with Gasteiger partial charge in [0, 0.05) is 29.9 Å². The quantitative estimate of drug-likeness (QED) is 0.208. The molecule has 3 N–H and O–H groups in total. The van der Waals surface area contributed by atoms with Crippen LogP contribution in [0, 0.1) is 24.6 Å². The number of fused-ring (bicyclic) bond motifs is 5. The Labute approximate surface area is 260 Å². The molecule has 3 aromatic rings. The largest absolute Gasteiger partial charge is 0.411 e. The zero-order chi connectivity index (χ0) is 31.5. The molecular formula is C34H35FN6O4. The van der Waals surface area contributed by atoms with E-state index in [1.54, 1.807) is 54.6 Å². The van der Waals surface area contributed by atoms with E-state index in [4.69, 9.17) is 5.21 Å². The number of aliphatic imine (C=N–C) groups is 1. The summed E-state index contributed by atoms with van der Waals surface area (Å²) in [7, 11) is 0. The van der Waals surface area contributed by atoms with E-state index in [1.807, 2.05) is 17.9 Å². The van der Waals surface area contributed by atoms with Crippen LogP contribution in [0.3, 0.4) is 0 Å². The van der Waals surface area contributed by atoms with E-state index in [9.17, 15) is 14.4 Å². The minimum atomic E-state index is -1.47. The van der Waals surface area contributed by atoms with Gasteiger partial charge in [0.2, 0.25) is 12.1 Å². The van der Waals surface area contributed by atoms with Gasteiger partial charge in [0.05, 0.1) is 17.6 Å². The molecule has 2 saturated heterocycles. The van der Waals surface area contributed by atoms with Gasteiger partial charge in [-0.3, -0.25) is 14.5 Å². The minimum absolute atomic E-state index is 0.164. The summed E-state index contributed by atoms with van der Waals surface area (Å²) in [5.41, 5.74) is 2.92. The van der Waals surface area contributed by atoms with Gasteiger partial charge >= 0.3 is 6.03 Å². The number of carbonyl (C=O) groups is 3. The number of hydrogen-bond acceptors (Lipinski definition) is 6. The van der Waals surface area contributed by atoms with Crippen molar-refractivity contribution in [3.8, 4) is 0 Å². The van der Waals surface area contributed by atoms with Gasteiger partial charge in [0.15, 0.2) is 0 Å². The van der Waals surface area contributed by atoms with Crippen LogP contribution in [0.15, 0.2) is 76.9 Å². The Kier molecular flexibility index (Phi) is 8.59. The van der Waals surface area contributed by atoms with E-state index >= 15 is 4.39 Å². The molecule has 3 aliphatic heterocycles. The zero-order valence-electron chi connectivity index (χ0n) is 24.9. The van der Waals surface area contributed by atoms with Crippen LogP contribution in [0.4, 0.5) is 20.6 Å². The van der Waals surface area contributed by atoms with Crippen LogP contribution in [-0.4, -0.2) is 65.7 Å². The topological polar surface area (TPSA) is 127 Å². The van der Waals surface area contributed by atoms with E-state index in [0.717, 1.165) is 25.7 Å². The molecule has 45 heavy (non-hydrogen) atoms. The molecule has 3 aromatic carbocycles. The predicted molar refractivity (Wildman–Crippen MR) is 169 cm³/mol. The lowest BCUT2D eigenvalue weighted by atomic mass is 9.84. The van der Waals surface area contributed by atoms with Crippen LogP contribution in [-0.2, 0) is 9.59 Å². The van der Waals surface area contributed by atoms with Gasteiger partial charge in [-0.1, -0.05) is 47.6 Å². The van der Waals surface area contributed by atoms with Crippen LogP contribution in [0.1, 0.15) is 47.9 Å². The third-order valence-electron chi connectivity index (χ3n) is 8.84. The molecule has 0 radical (unpaired) electrons. The fourth-order valence-electron chi connectivity index (χ4n) is 6.63. The molecule has 4 aliphatic rings. The van der Waals surface area contributed by atoms with Gasteiger partial charge in [-0.05, 0) is 79.8 Å². The number of urea groups is 1. The SMILES string of the molecule is Cc1cccc2c1N(CC(=O)N1CC3CCC(CC3)C1)C(=O)C(NC(=O)Nc1cccc(C=NO)c1)N=C2c1ccccc1F. The molecule has 2 bridgehead atoms. The minimum Gasteiger partial charge on any atom is -0.411 e. The Balaban J connectivity index is 1.37. The lowest BCUT2D eigenvalue weighted by Crippen LogP contribution is -2.52. The molecule has 11 heteroatoms. The number of oxime groups is 1. The highest BCUT2D eigenvalue weighted by atomic mass is 19.1. The molecule has 0 aromatic heterocycles. The Morgan fingerprint density at radius 3 is 2.40 bits per heavy atom. The number of carbonyl (C=O) groups excluding carboxylic acids is 3. The summed E-state index contributed by atoms with van der Waals surface area (Å²) in [5.74, 6) is -0.405. The van der Waals surface area contributed by atoms with Crippen LogP contribution < -0.4 is 15.5 Å². The molecule has 3 fully saturated rings. The molecular weight excluding hydrogens is 575 g/mol. The van der Waals surface area contributed by atoms with Crippen molar-refractivity contribution in [2.75, 3.05) is 29.9 Å². The van der Waals surface area contributed by atoms with E-state index in [2.05, 4.69) is 20.8 Å². The van der Waals surface area contributed by atoms with Gasteiger partial charge in [-0.15, -0.1) is 0 Å². The number of halogens is 1. The summed E-state index contributed by atoms with van der Waals surface area (Å²) < 4.78 is 15.3. The second kappa shape index (κ2) is 12.9. The number of anilines is 2. The number of benzodiazepines with no additional fused rings is 1. The standard InChI is InChI=1S/C34H35FN6O4/c1-21-6-4-10-27-30(26-9-2-3-11-28(26)35)38-32(39-34(44)37-25-8-5-7-24(16-25)17-36-45)33(43)41(31(21)27)20-29(42)40-18-22-12-13-23(19-40)15-14-22/h2-11,16-17,22-23,32,45H,12-15,18-20H2,1H3,(H2,37,39,44). The second-order valence-electron chi connectivity index (χ2n) is 11.9. The molecule has 1 saturated carbocycles. The van der Waals surface area contributed by atoms with E-state index in [-0.39, 0.29) is 23.7 Å². The van der Waals surface area contributed by atoms with E-state index in [1.165, 1.54) is 17.2 Å². The normalized spacial score (nSPS) is 21.2. The highest BCUT2D eigenvalue weighted by molar-refractivity contribution is 6.21. The van der Waals surface area contributed by atoms with E-state index in [0.29, 0.717) is 53.0 Å². The highest BCUT2D eigenvalue weighted by Crippen LogP contribution is 2.35. The first kappa shape index (κ1) is 30.0. The van der Waals surface area contributed by atoms with Gasteiger partial charge in [-0.2, -0.15) is 0 Å².